The van der Waals surface area contributed by atoms with E-state index in [-0.39, 0.29) is 25.1 Å². The highest BCUT2D eigenvalue weighted by Crippen LogP contribution is 2.18. The molecule has 6 nitrogen and oxygen atoms in total. The van der Waals surface area contributed by atoms with Gasteiger partial charge >= 0.3 is 12.0 Å². The van der Waals surface area contributed by atoms with Gasteiger partial charge in [0.05, 0.1) is 12.5 Å². The molecule has 1 N–H and O–H groups in total. The molecule has 0 saturated carbocycles. The highest BCUT2D eigenvalue weighted by molar-refractivity contribution is 5.76. The van der Waals surface area contributed by atoms with Gasteiger partial charge in [0.25, 0.3) is 0 Å². The van der Waals surface area contributed by atoms with Crippen LogP contribution < -0.4 is 0 Å². The predicted molar refractivity (Wildman–Crippen MR) is 75.7 cm³/mol. The summed E-state index contributed by atoms with van der Waals surface area (Å²) < 4.78 is 5.53. The average Bonchev–Trinajstić information content (AvgIpc) is 2.79. The van der Waals surface area contributed by atoms with Crippen LogP contribution in [0.1, 0.15) is 40.0 Å². The molecule has 116 valence electrons. The van der Waals surface area contributed by atoms with Crippen LogP contribution in [-0.2, 0) is 9.53 Å². The van der Waals surface area contributed by atoms with Gasteiger partial charge < -0.3 is 19.6 Å². The molecule has 0 bridgehead atoms. The Balaban J connectivity index is 2.63. The number of carboxylic acid groups (broad SMARTS) is 1. The summed E-state index contributed by atoms with van der Waals surface area (Å²) in [6.45, 7) is 7.26. The molecule has 1 atom stereocenters. The van der Waals surface area contributed by atoms with E-state index < -0.39 is 11.5 Å². The Bertz CT molecular complexity index is 346. The SMILES string of the molecule is CN(CC1CCCO1)C(=O)N(CCC(=O)O)C(C)(C)C. The maximum absolute atomic E-state index is 12.5. The lowest BCUT2D eigenvalue weighted by molar-refractivity contribution is -0.137. The third kappa shape index (κ3) is 5.00. The largest absolute Gasteiger partial charge is 0.481 e. The molecule has 1 aliphatic heterocycles. The molecule has 0 aromatic carbocycles. The molecule has 0 aromatic rings. The predicted octanol–water partition coefficient (Wildman–Crippen LogP) is 1.79. The third-order valence-electron chi connectivity index (χ3n) is 3.42. The zero-order chi connectivity index (χ0) is 15.3. The van der Waals surface area contributed by atoms with Gasteiger partial charge in [-0.05, 0) is 33.6 Å². The number of likely N-dealkylation sites (N-methyl/N-ethyl adjacent to an activating group) is 1. The van der Waals surface area contributed by atoms with Gasteiger partial charge in [0.2, 0.25) is 0 Å². The molecule has 1 aliphatic rings. The molecular weight excluding hydrogens is 260 g/mol. The van der Waals surface area contributed by atoms with E-state index >= 15 is 0 Å². The summed E-state index contributed by atoms with van der Waals surface area (Å²) in [5.74, 6) is -0.895. The fourth-order valence-electron chi connectivity index (χ4n) is 2.30. The van der Waals surface area contributed by atoms with Crippen molar-refractivity contribution in [1.82, 2.24) is 9.80 Å². The summed E-state index contributed by atoms with van der Waals surface area (Å²) in [5.41, 5.74) is -0.405. The third-order valence-corrected chi connectivity index (χ3v) is 3.42. The molecule has 0 aliphatic carbocycles. The summed E-state index contributed by atoms with van der Waals surface area (Å²) in [4.78, 5) is 26.5. The number of carbonyl (C=O) groups is 2. The molecule has 1 saturated heterocycles. The average molecular weight is 286 g/mol. The van der Waals surface area contributed by atoms with Gasteiger partial charge in [-0.1, -0.05) is 0 Å². The Hall–Kier alpha value is -1.30. The molecular formula is C14H26N2O4. The first kappa shape index (κ1) is 16.8. The minimum absolute atomic E-state index is 0.0449. The Labute approximate surface area is 120 Å². The Morgan fingerprint density at radius 3 is 2.45 bits per heavy atom. The molecule has 2 amide bonds. The second-order valence-electron chi connectivity index (χ2n) is 6.26. The number of hydrogen-bond donors (Lipinski definition) is 1. The second-order valence-corrected chi connectivity index (χ2v) is 6.26. The molecule has 6 heteroatoms. The minimum Gasteiger partial charge on any atom is -0.481 e. The van der Waals surface area contributed by atoms with Crippen LogP contribution in [0.5, 0.6) is 0 Å². The van der Waals surface area contributed by atoms with Crippen LogP contribution >= 0.6 is 0 Å². The van der Waals surface area contributed by atoms with E-state index in [1.165, 1.54) is 0 Å². The van der Waals surface area contributed by atoms with E-state index in [0.29, 0.717) is 6.54 Å². The highest BCUT2D eigenvalue weighted by Gasteiger charge is 2.30. The smallest absolute Gasteiger partial charge is 0.320 e. The summed E-state index contributed by atoms with van der Waals surface area (Å²) in [7, 11) is 1.74. The van der Waals surface area contributed by atoms with Crippen LogP contribution in [0.3, 0.4) is 0 Å². The molecule has 1 fully saturated rings. The van der Waals surface area contributed by atoms with Crippen LogP contribution in [0.4, 0.5) is 4.79 Å². The summed E-state index contributed by atoms with van der Waals surface area (Å²) >= 11 is 0. The monoisotopic (exact) mass is 286 g/mol. The van der Waals surface area contributed by atoms with E-state index in [9.17, 15) is 9.59 Å². The van der Waals surface area contributed by atoms with Crippen LogP contribution in [-0.4, -0.2) is 65.3 Å². The van der Waals surface area contributed by atoms with Gasteiger partial charge in [-0.2, -0.15) is 0 Å². The molecule has 0 spiro atoms. The molecule has 0 aromatic heterocycles. The maximum Gasteiger partial charge on any atom is 0.320 e. The number of rotatable bonds is 5. The number of nitrogens with zero attached hydrogens (tertiary/aromatic N) is 2. The van der Waals surface area contributed by atoms with Crippen molar-refractivity contribution in [3.63, 3.8) is 0 Å². The first-order chi connectivity index (χ1) is 9.21. The zero-order valence-corrected chi connectivity index (χ0v) is 12.9. The lowest BCUT2D eigenvalue weighted by atomic mass is 10.1. The Morgan fingerprint density at radius 1 is 1.35 bits per heavy atom. The van der Waals surface area contributed by atoms with Crippen molar-refractivity contribution in [1.29, 1.82) is 0 Å². The van der Waals surface area contributed by atoms with E-state index in [4.69, 9.17) is 9.84 Å². The topological polar surface area (TPSA) is 70.1 Å². The number of ether oxygens (including phenoxy) is 1. The number of urea groups is 1. The van der Waals surface area contributed by atoms with Gasteiger partial charge in [0.1, 0.15) is 0 Å². The van der Waals surface area contributed by atoms with Crippen LogP contribution in [0.2, 0.25) is 0 Å². The van der Waals surface area contributed by atoms with Gasteiger partial charge in [-0.25, -0.2) is 4.79 Å². The number of amides is 2. The molecule has 1 rings (SSSR count). The van der Waals surface area contributed by atoms with Gasteiger partial charge in [-0.15, -0.1) is 0 Å². The second kappa shape index (κ2) is 6.92. The first-order valence-electron chi connectivity index (χ1n) is 7.08. The number of aliphatic carboxylic acids is 1. The van der Waals surface area contributed by atoms with Gasteiger partial charge in [-0.3, -0.25) is 4.79 Å². The van der Waals surface area contributed by atoms with Crippen LogP contribution in [0, 0.1) is 0 Å². The lowest BCUT2D eigenvalue weighted by Gasteiger charge is -2.38. The maximum atomic E-state index is 12.5. The van der Waals surface area contributed by atoms with E-state index in [0.717, 1.165) is 19.4 Å². The quantitative estimate of drug-likeness (QED) is 0.836. The van der Waals surface area contributed by atoms with Crippen molar-refractivity contribution >= 4 is 12.0 Å². The van der Waals surface area contributed by atoms with E-state index in [1.807, 2.05) is 20.8 Å². The van der Waals surface area contributed by atoms with E-state index in [2.05, 4.69) is 0 Å². The molecule has 1 unspecified atom stereocenters. The van der Waals surface area contributed by atoms with Crippen molar-refractivity contribution in [2.45, 2.75) is 51.7 Å². The van der Waals surface area contributed by atoms with Crippen molar-refractivity contribution < 1.29 is 19.4 Å². The Morgan fingerprint density at radius 2 is 2.00 bits per heavy atom. The van der Waals surface area contributed by atoms with Gasteiger partial charge in [0.15, 0.2) is 0 Å². The van der Waals surface area contributed by atoms with Crippen LogP contribution in [0.25, 0.3) is 0 Å². The molecule has 1 heterocycles. The molecule has 20 heavy (non-hydrogen) atoms. The highest BCUT2D eigenvalue weighted by atomic mass is 16.5. The van der Waals surface area contributed by atoms with Crippen molar-refractivity contribution in [2.75, 3.05) is 26.7 Å². The number of carboxylic acids is 1. The fraction of sp³-hybridized carbons (Fsp3) is 0.857. The first-order valence-corrected chi connectivity index (χ1v) is 7.08. The normalized spacial score (nSPS) is 18.9. The summed E-state index contributed by atoms with van der Waals surface area (Å²) in [6.07, 6.45) is 2.07. The Kier molecular flexibility index (Phi) is 5.80. The minimum atomic E-state index is -0.895. The number of hydrogen-bond acceptors (Lipinski definition) is 3. The summed E-state index contributed by atoms with van der Waals surface area (Å²) in [6, 6.07) is -0.144. The summed E-state index contributed by atoms with van der Waals surface area (Å²) in [5, 5.41) is 8.81. The van der Waals surface area contributed by atoms with Crippen LogP contribution in [0.15, 0.2) is 0 Å². The standard InChI is InChI=1S/C14H26N2O4/c1-14(2,3)16(8-7-12(17)18)13(19)15(4)10-11-6-5-9-20-11/h11H,5-10H2,1-4H3,(H,17,18). The van der Waals surface area contributed by atoms with Gasteiger partial charge in [0, 0.05) is 32.3 Å². The molecule has 0 radical (unpaired) electrons. The fourth-order valence-corrected chi connectivity index (χ4v) is 2.30. The van der Waals surface area contributed by atoms with Crippen molar-refractivity contribution in [3.05, 3.63) is 0 Å². The zero-order valence-electron chi connectivity index (χ0n) is 12.9. The number of carbonyl (C=O) groups excluding carboxylic acids is 1. The van der Waals surface area contributed by atoms with Crippen molar-refractivity contribution in [3.8, 4) is 0 Å². The lowest BCUT2D eigenvalue weighted by Crippen LogP contribution is -2.52. The van der Waals surface area contributed by atoms with Crippen molar-refractivity contribution in [2.24, 2.45) is 0 Å². The van der Waals surface area contributed by atoms with E-state index in [1.54, 1.807) is 16.8 Å².